The summed E-state index contributed by atoms with van der Waals surface area (Å²) in [5.74, 6) is -5.35. The molecule has 0 aromatic heterocycles. The van der Waals surface area contributed by atoms with E-state index in [0.29, 0.717) is 12.8 Å². The first-order chi connectivity index (χ1) is 9.90. The van der Waals surface area contributed by atoms with Crippen LogP contribution in [0, 0.1) is 0 Å². The van der Waals surface area contributed by atoms with Gasteiger partial charge in [0.25, 0.3) is 0 Å². The highest BCUT2D eigenvalue weighted by Crippen LogP contribution is 2.45. The highest BCUT2D eigenvalue weighted by Gasteiger charge is 2.60. The van der Waals surface area contributed by atoms with E-state index in [0.717, 1.165) is 5.56 Å². The van der Waals surface area contributed by atoms with Crippen molar-refractivity contribution in [3.05, 3.63) is 35.9 Å². The Morgan fingerprint density at radius 1 is 1.33 bits per heavy atom. The summed E-state index contributed by atoms with van der Waals surface area (Å²) in [6.45, 7) is 1.33. The summed E-state index contributed by atoms with van der Waals surface area (Å²) >= 11 is 0. The third-order valence-electron chi connectivity index (χ3n) is 4.20. The van der Waals surface area contributed by atoms with Crippen LogP contribution in [0.3, 0.4) is 0 Å². The third-order valence-corrected chi connectivity index (χ3v) is 4.20. The van der Waals surface area contributed by atoms with Crippen LogP contribution in [0.2, 0.25) is 0 Å². The molecule has 0 radical (unpaired) electrons. The van der Waals surface area contributed by atoms with Crippen molar-refractivity contribution in [1.82, 2.24) is 0 Å². The number of carbonyl (C=O) groups is 1. The number of halogens is 2. The molecule has 1 fully saturated rings. The molecule has 1 aliphatic rings. The van der Waals surface area contributed by atoms with Crippen LogP contribution >= 0.6 is 0 Å². The van der Waals surface area contributed by atoms with Crippen LogP contribution in [0.5, 0.6) is 0 Å². The normalized spacial score (nSPS) is 26.4. The van der Waals surface area contributed by atoms with Gasteiger partial charge in [-0.3, -0.25) is 0 Å². The molecule has 0 saturated heterocycles. The minimum Gasteiger partial charge on any atom is -0.461 e. The van der Waals surface area contributed by atoms with Gasteiger partial charge in [-0.2, -0.15) is 8.78 Å². The van der Waals surface area contributed by atoms with Crippen LogP contribution in [0.4, 0.5) is 8.78 Å². The maximum Gasteiger partial charge on any atom is 0.380 e. The Balaban J connectivity index is 2.06. The van der Waals surface area contributed by atoms with Crippen LogP contribution < -0.4 is 0 Å². The number of rotatable bonds is 4. The molecule has 0 spiro atoms. The molecular formula is C16H20F2O3. The van der Waals surface area contributed by atoms with E-state index in [1.54, 1.807) is 0 Å². The molecule has 2 rings (SSSR count). The zero-order valence-corrected chi connectivity index (χ0v) is 12.0. The van der Waals surface area contributed by atoms with E-state index in [-0.39, 0.29) is 25.4 Å². The summed E-state index contributed by atoms with van der Waals surface area (Å²) < 4.78 is 32.5. The second-order valence-electron chi connectivity index (χ2n) is 5.51. The molecule has 1 saturated carbocycles. The highest BCUT2D eigenvalue weighted by molar-refractivity contribution is 5.79. The van der Waals surface area contributed by atoms with Crippen molar-refractivity contribution in [2.45, 2.75) is 50.0 Å². The summed E-state index contributed by atoms with van der Waals surface area (Å²) in [5, 5.41) is 10.2. The molecular weight excluding hydrogens is 278 g/mol. The molecule has 3 nitrogen and oxygen atoms in total. The number of hydrogen-bond acceptors (Lipinski definition) is 3. The van der Waals surface area contributed by atoms with Gasteiger partial charge < -0.3 is 9.84 Å². The number of carbonyl (C=O) groups excluding carboxylic acids is 1. The molecule has 0 heterocycles. The zero-order valence-electron chi connectivity index (χ0n) is 12.0. The monoisotopic (exact) mass is 298 g/mol. The predicted octanol–water partition coefficient (Wildman–Crippen LogP) is 3.27. The van der Waals surface area contributed by atoms with Crippen molar-refractivity contribution >= 4 is 5.97 Å². The van der Waals surface area contributed by atoms with Gasteiger partial charge in [0, 0.05) is 0 Å². The fourth-order valence-corrected chi connectivity index (χ4v) is 2.88. The minimum atomic E-state index is -3.86. The quantitative estimate of drug-likeness (QED) is 0.868. The lowest BCUT2D eigenvalue weighted by molar-refractivity contribution is -0.221. The molecule has 0 bridgehead atoms. The summed E-state index contributed by atoms with van der Waals surface area (Å²) in [5.41, 5.74) is -1.22. The molecule has 5 heteroatoms. The fourth-order valence-electron chi connectivity index (χ4n) is 2.88. The molecule has 0 unspecified atom stereocenters. The fraction of sp³-hybridized carbons (Fsp3) is 0.562. The third kappa shape index (κ3) is 3.07. The van der Waals surface area contributed by atoms with E-state index >= 15 is 0 Å². The maximum atomic E-state index is 14.1. The first-order valence-electron chi connectivity index (χ1n) is 7.23. The second kappa shape index (κ2) is 6.10. The molecule has 1 aliphatic carbocycles. The Kier molecular flexibility index (Phi) is 4.61. The number of esters is 1. The molecule has 0 amide bonds. The largest absolute Gasteiger partial charge is 0.461 e. The Morgan fingerprint density at radius 3 is 2.43 bits per heavy atom. The Morgan fingerprint density at radius 2 is 1.90 bits per heavy atom. The van der Waals surface area contributed by atoms with Crippen molar-refractivity contribution in [1.29, 1.82) is 0 Å². The number of hydrogen-bond donors (Lipinski definition) is 1. The Bertz CT molecular complexity index is 480. The SMILES string of the molecule is CCOC(=O)C(F)(F)C1(O)CCC(c2ccccc2)CC1. The van der Waals surface area contributed by atoms with Gasteiger partial charge in [0.15, 0.2) is 0 Å². The Hall–Kier alpha value is -1.49. The molecule has 0 aliphatic heterocycles. The highest BCUT2D eigenvalue weighted by atomic mass is 19.3. The average molecular weight is 298 g/mol. The van der Waals surface area contributed by atoms with Gasteiger partial charge in [-0.15, -0.1) is 0 Å². The number of alkyl halides is 2. The topological polar surface area (TPSA) is 46.5 Å². The van der Waals surface area contributed by atoms with Crippen molar-refractivity contribution < 1.29 is 23.4 Å². The zero-order chi connectivity index (χ0) is 15.5. The van der Waals surface area contributed by atoms with Gasteiger partial charge in [0.2, 0.25) is 0 Å². The molecule has 116 valence electrons. The van der Waals surface area contributed by atoms with Gasteiger partial charge in [-0.25, -0.2) is 4.79 Å². The van der Waals surface area contributed by atoms with Crippen LogP contribution in [0.1, 0.15) is 44.1 Å². The van der Waals surface area contributed by atoms with Crippen molar-refractivity contribution in [3.63, 3.8) is 0 Å². The lowest BCUT2D eigenvalue weighted by Gasteiger charge is -2.39. The molecule has 0 atom stereocenters. The summed E-state index contributed by atoms with van der Waals surface area (Å²) in [6.07, 6.45) is 0.627. The molecule has 1 aromatic rings. The van der Waals surface area contributed by atoms with Crippen LogP contribution in [-0.4, -0.2) is 29.2 Å². The van der Waals surface area contributed by atoms with Crippen LogP contribution in [-0.2, 0) is 9.53 Å². The van der Waals surface area contributed by atoms with Gasteiger partial charge in [0.1, 0.15) is 5.60 Å². The molecule has 1 N–H and O–H groups in total. The van der Waals surface area contributed by atoms with Crippen LogP contribution in [0.25, 0.3) is 0 Å². The van der Waals surface area contributed by atoms with Crippen molar-refractivity contribution in [2.75, 3.05) is 6.61 Å². The van der Waals surface area contributed by atoms with Crippen LogP contribution in [0.15, 0.2) is 30.3 Å². The molecule has 21 heavy (non-hydrogen) atoms. The summed E-state index contributed by atoms with van der Waals surface area (Å²) in [7, 11) is 0. The molecule has 1 aromatic carbocycles. The smallest absolute Gasteiger partial charge is 0.380 e. The lowest BCUT2D eigenvalue weighted by Crippen LogP contribution is -2.55. The summed E-state index contributed by atoms with van der Waals surface area (Å²) in [4.78, 5) is 11.4. The second-order valence-corrected chi connectivity index (χ2v) is 5.51. The van der Waals surface area contributed by atoms with Gasteiger partial charge in [-0.05, 0) is 44.1 Å². The number of aliphatic hydroxyl groups is 1. The summed E-state index contributed by atoms with van der Waals surface area (Å²) in [6, 6.07) is 9.63. The Labute approximate surface area is 122 Å². The van der Waals surface area contributed by atoms with E-state index in [9.17, 15) is 18.7 Å². The van der Waals surface area contributed by atoms with Gasteiger partial charge >= 0.3 is 11.9 Å². The standard InChI is InChI=1S/C16H20F2O3/c1-2-21-14(19)16(17,18)15(20)10-8-13(9-11-15)12-6-4-3-5-7-12/h3-7,13,20H,2,8-11H2,1H3. The van der Waals surface area contributed by atoms with Crippen molar-refractivity contribution in [2.24, 2.45) is 0 Å². The predicted molar refractivity (Wildman–Crippen MR) is 74.2 cm³/mol. The first kappa shape index (κ1) is 15.9. The van der Waals surface area contributed by atoms with Gasteiger partial charge in [0.05, 0.1) is 6.61 Å². The van der Waals surface area contributed by atoms with E-state index in [4.69, 9.17) is 0 Å². The van der Waals surface area contributed by atoms with E-state index < -0.39 is 17.5 Å². The first-order valence-corrected chi connectivity index (χ1v) is 7.23. The average Bonchev–Trinajstić information content (AvgIpc) is 2.49. The number of ether oxygens (including phenoxy) is 1. The number of benzene rings is 1. The minimum absolute atomic E-state index is 0.113. The van der Waals surface area contributed by atoms with E-state index in [1.165, 1.54) is 6.92 Å². The van der Waals surface area contributed by atoms with E-state index in [1.807, 2.05) is 30.3 Å². The van der Waals surface area contributed by atoms with Crippen molar-refractivity contribution in [3.8, 4) is 0 Å². The van der Waals surface area contributed by atoms with E-state index in [2.05, 4.69) is 4.74 Å². The lowest BCUT2D eigenvalue weighted by atomic mass is 9.73. The van der Waals surface area contributed by atoms with Gasteiger partial charge in [-0.1, -0.05) is 30.3 Å². The maximum absolute atomic E-state index is 14.1.